The van der Waals surface area contributed by atoms with Crippen molar-refractivity contribution in [3.63, 3.8) is 0 Å². The minimum Gasteiger partial charge on any atom is -0.755 e. The fourth-order valence-corrected chi connectivity index (χ4v) is 1.12. The summed E-state index contributed by atoms with van der Waals surface area (Å²) in [6.07, 6.45) is 0. The van der Waals surface area contributed by atoms with Crippen LogP contribution in [0.15, 0.2) is 36.9 Å². The second-order valence-electron chi connectivity index (χ2n) is 2.18. The fraction of sp³-hybridized carbons (Fsp3) is 0. The molecule has 1 N–H and O–H groups in total. The average molecular weight is 182 g/mol. The molecule has 4 heteroatoms. The molecule has 1 aromatic rings. The molecule has 1 rings (SSSR count). The van der Waals surface area contributed by atoms with E-state index < -0.39 is 11.3 Å². The number of hydrogen-bond donors (Lipinski definition) is 1. The van der Waals surface area contributed by atoms with Crippen LogP contribution < -0.4 is 4.72 Å². The van der Waals surface area contributed by atoms with Crippen molar-refractivity contribution in [1.29, 1.82) is 0 Å². The quantitative estimate of drug-likeness (QED) is 0.710. The standard InChI is InChI=1S/C8H9NO2S/c1-7(9-12(10)11)8-5-3-2-4-6-8/h2-6,9H,1H2,(H,10,11)/p-1. The summed E-state index contributed by atoms with van der Waals surface area (Å²) in [6, 6.07) is 9.04. The van der Waals surface area contributed by atoms with Gasteiger partial charge in [0, 0.05) is 17.0 Å². The van der Waals surface area contributed by atoms with Crippen molar-refractivity contribution in [3.05, 3.63) is 42.5 Å². The minimum atomic E-state index is -2.30. The van der Waals surface area contributed by atoms with E-state index in [4.69, 9.17) is 0 Å². The van der Waals surface area contributed by atoms with Crippen molar-refractivity contribution in [3.8, 4) is 0 Å². The first-order valence-electron chi connectivity index (χ1n) is 3.30. The molecule has 12 heavy (non-hydrogen) atoms. The predicted octanol–water partition coefficient (Wildman–Crippen LogP) is 1.04. The van der Waals surface area contributed by atoms with Gasteiger partial charge in [-0.15, -0.1) is 0 Å². The van der Waals surface area contributed by atoms with Gasteiger partial charge in [-0.1, -0.05) is 36.9 Å². The lowest BCUT2D eigenvalue weighted by atomic mass is 10.2. The molecule has 0 fully saturated rings. The number of rotatable bonds is 3. The van der Waals surface area contributed by atoms with E-state index in [-0.39, 0.29) is 0 Å². The van der Waals surface area contributed by atoms with E-state index in [2.05, 4.69) is 11.3 Å². The molecule has 0 aliphatic rings. The van der Waals surface area contributed by atoms with E-state index in [0.717, 1.165) is 5.56 Å². The fourth-order valence-electron chi connectivity index (χ4n) is 0.799. The highest BCUT2D eigenvalue weighted by atomic mass is 32.2. The maximum Gasteiger partial charge on any atom is 0.0453 e. The first-order chi connectivity index (χ1) is 5.70. The summed E-state index contributed by atoms with van der Waals surface area (Å²) < 4.78 is 22.6. The number of benzene rings is 1. The first kappa shape index (κ1) is 8.96. The Balaban J connectivity index is 2.73. The van der Waals surface area contributed by atoms with Crippen LogP contribution in [0.1, 0.15) is 5.56 Å². The van der Waals surface area contributed by atoms with Crippen LogP contribution in [-0.2, 0) is 11.3 Å². The van der Waals surface area contributed by atoms with E-state index in [1.807, 2.05) is 18.2 Å². The lowest BCUT2D eigenvalue weighted by Gasteiger charge is -2.10. The zero-order chi connectivity index (χ0) is 8.97. The molecule has 0 saturated carbocycles. The largest absolute Gasteiger partial charge is 0.755 e. The molecule has 0 saturated heterocycles. The molecule has 0 amide bonds. The van der Waals surface area contributed by atoms with Gasteiger partial charge in [0.1, 0.15) is 0 Å². The van der Waals surface area contributed by atoms with Gasteiger partial charge < -0.3 is 9.27 Å². The van der Waals surface area contributed by atoms with E-state index in [9.17, 15) is 8.76 Å². The highest BCUT2D eigenvalue weighted by Gasteiger charge is 1.94. The van der Waals surface area contributed by atoms with Crippen molar-refractivity contribution in [1.82, 2.24) is 4.72 Å². The van der Waals surface area contributed by atoms with E-state index in [1.165, 1.54) is 0 Å². The highest BCUT2D eigenvalue weighted by Crippen LogP contribution is 2.07. The molecule has 0 heterocycles. The Morgan fingerprint density at radius 2 is 2.00 bits per heavy atom. The molecule has 0 aliphatic carbocycles. The lowest BCUT2D eigenvalue weighted by molar-refractivity contribution is 0.532. The van der Waals surface area contributed by atoms with E-state index in [0.29, 0.717) is 5.70 Å². The molecule has 1 unspecified atom stereocenters. The normalized spacial score (nSPS) is 12.1. The zero-order valence-corrected chi connectivity index (χ0v) is 7.14. The Bertz CT molecular complexity index is 297. The Hall–Kier alpha value is -1.13. The number of hydrogen-bond acceptors (Lipinski definition) is 2. The zero-order valence-electron chi connectivity index (χ0n) is 6.32. The molecule has 3 nitrogen and oxygen atoms in total. The summed E-state index contributed by atoms with van der Waals surface area (Å²) in [5.74, 6) is 0. The SMILES string of the molecule is C=C(NS(=O)[O-])c1ccccc1. The molecule has 0 aliphatic heterocycles. The predicted molar refractivity (Wildman–Crippen MR) is 47.5 cm³/mol. The van der Waals surface area contributed by atoms with E-state index in [1.54, 1.807) is 12.1 Å². The Kier molecular flexibility index (Phi) is 3.01. The third-order valence-corrected chi connectivity index (χ3v) is 1.74. The van der Waals surface area contributed by atoms with Gasteiger partial charge in [-0.25, -0.2) is 0 Å². The summed E-state index contributed by atoms with van der Waals surface area (Å²) in [5, 5.41) is 0. The van der Waals surface area contributed by atoms with Gasteiger partial charge in [0.25, 0.3) is 0 Å². The van der Waals surface area contributed by atoms with Crippen LogP contribution in [0.4, 0.5) is 0 Å². The second kappa shape index (κ2) is 4.04. The van der Waals surface area contributed by atoms with E-state index >= 15 is 0 Å². The lowest BCUT2D eigenvalue weighted by Crippen LogP contribution is -2.13. The summed E-state index contributed by atoms with van der Waals surface area (Å²) in [6.45, 7) is 3.56. The maximum absolute atomic E-state index is 10.2. The van der Waals surface area contributed by atoms with Crippen molar-refractivity contribution < 1.29 is 8.76 Å². The van der Waals surface area contributed by atoms with Crippen LogP contribution in [0.5, 0.6) is 0 Å². The molecule has 0 aromatic heterocycles. The van der Waals surface area contributed by atoms with Crippen molar-refractivity contribution in [2.24, 2.45) is 0 Å². The van der Waals surface area contributed by atoms with Crippen LogP contribution in [0.2, 0.25) is 0 Å². The second-order valence-corrected chi connectivity index (χ2v) is 2.85. The summed E-state index contributed by atoms with van der Waals surface area (Å²) >= 11 is -2.30. The van der Waals surface area contributed by atoms with Gasteiger partial charge in [0.05, 0.1) is 0 Å². The minimum absolute atomic E-state index is 0.379. The Labute approximate surface area is 73.5 Å². The van der Waals surface area contributed by atoms with Crippen molar-refractivity contribution in [2.75, 3.05) is 0 Å². The monoisotopic (exact) mass is 182 g/mol. The third kappa shape index (κ3) is 2.48. The Morgan fingerprint density at radius 1 is 1.42 bits per heavy atom. The van der Waals surface area contributed by atoms with Gasteiger partial charge >= 0.3 is 0 Å². The molecule has 0 spiro atoms. The molecular formula is C8H8NO2S-. The van der Waals surface area contributed by atoms with Crippen LogP contribution in [-0.4, -0.2) is 8.76 Å². The molecular weight excluding hydrogens is 174 g/mol. The topological polar surface area (TPSA) is 52.2 Å². The molecule has 0 bridgehead atoms. The van der Waals surface area contributed by atoms with Gasteiger partial charge in [0.2, 0.25) is 0 Å². The van der Waals surface area contributed by atoms with Gasteiger partial charge in [-0.2, -0.15) is 0 Å². The van der Waals surface area contributed by atoms with Crippen molar-refractivity contribution in [2.45, 2.75) is 0 Å². The summed E-state index contributed by atoms with van der Waals surface area (Å²) in [4.78, 5) is 0. The smallest absolute Gasteiger partial charge is 0.0453 e. The maximum atomic E-state index is 10.2. The van der Waals surface area contributed by atoms with Crippen LogP contribution in [0.25, 0.3) is 5.70 Å². The van der Waals surface area contributed by atoms with Crippen LogP contribution >= 0.6 is 0 Å². The molecule has 64 valence electrons. The highest BCUT2D eigenvalue weighted by molar-refractivity contribution is 7.77. The Morgan fingerprint density at radius 3 is 2.50 bits per heavy atom. The first-order valence-corrected chi connectivity index (χ1v) is 4.38. The molecule has 1 atom stereocenters. The summed E-state index contributed by atoms with van der Waals surface area (Å²) in [7, 11) is 0. The van der Waals surface area contributed by atoms with Gasteiger partial charge in [0.15, 0.2) is 0 Å². The summed E-state index contributed by atoms with van der Waals surface area (Å²) in [5.41, 5.74) is 1.14. The third-order valence-electron chi connectivity index (χ3n) is 1.33. The van der Waals surface area contributed by atoms with Gasteiger partial charge in [-0.05, 0) is 5.56 Å². The molecule has 1 aromatic carbocycles. The average Bonchev–Trinajstić information content (AvgIpc) is 2.05. The van der Waals surface area contributed by atoms with Crippen LogP contribution in [0, 0.1) is 0 Å². The van der Waals surface area contributed by atoms with Crippen molar-refractivity contribution >= 4 is 17.0 Å². The van der Waals surface area contributed by atoms with Gasteiger partial charge in [-0.3, -0.25) is 4.21 Å². The van der Waals surface area contributed by atoms with Crippen LogP contribution in [0.3, 0.4) is 0 Å². The molecule has 0 radical (unpaired) electrons. The number of nitrogens with one attached hydrogen (secondary N) is 1.